The molecular formula is C11H15N3. The quantitative estimate of drug-likeness (QED) is 0.725. The van der Waals surface area contributed by atoms with E-state index in [4.69, 9.17) is 0 Å². The zero-order valence-electron chi connectivity index (χ0n) is 8.86. The van der Waals surface area contributed by atoms with Gasteiger partial charge >= 0.3 is 0 Å². The lowest BCUT2D eigenvalue weighted by molar-refractivity contribution is 0.616. The maximum atomic E-state index is 4.19. The summed E-state index contributed by atoms with van der Waals surface area (Å²) in [5.41, 5.74) is 2.17. The topological polar surface area (TPSA) is 30.2 Å². The summed E-state index contributed by atoms with van der Waals surface area (Å²) in [5, 5.41) is 8.34. The fourth-order valence-electron chi connectivity index (χ4n) is 1.55. The minimum absolute atomic E-state index is 0.615. The predicted molar refractivity (Wildman–Crippen MR) is 56.3 cm³/mol. The van der Waals surface area contributed by atoms with Crippen molar-refractivity contribution in [3.05, 3.63) is 29.7 Å². The number of aromatic nitrogens is 3. The van der Waals surface area contributed by atoms with Gasteiger partial charge in [0.1, 0.15) is 5.82 Å². The van der Waals surface area contributed by atoms with Crippen LogP contribution in [-0.2, 0) is 6.42 Å². The van der Waals surface area contributed by atoms with Crippen LogP contribution in [0.4, 0.5) is 0 Å². The van der Waals surface area contributed by atoms with Gasteiger partial charge in [0.05, 0.1) is 0 Å². The van der Waals surface area contributed by atoms with Gasteiger partial charge in [0.2, 0.25) is 0 Å². The van der Waals surface area contributed by atoms with Crippen LogP contribution in [0.25, 0.3) is 5.65 Å². The van der Waals surface area contributed by atoms with Crippen molar-refractivity contribution >= 4 is 5.65 Å². The van der Waals surface area contributed by atoms with Gasteiger partial charge in [-0.1, -0.05) is 13.8 Å². The Morgan fingerprint density at radius 1 is 1.36 bits per heavy atom. The Hall–Kier alpha value is -1.38. The molecule has 0 atom stereocenters. The molecule has 0 aliphatic rings. The highest BCUT2D eigenvalue weighted by Gasteiger charge is 2.06. The summed E-state index contributed by atoms with van der Waals surface area (Å²) < 4.78 is 2.06. The Morgan fingerprint density at radius 2 is 2.14 bits per heavy atom. The molecule has 0 N–H and O–H groups in total. The van der Waals surface area contributed by atoms with E-state index in [0.29, 0.717) is 5.92 Å². The summed E-state index contributed by atoms with van der Waals surface area (Å²) in [7, 11) is 0. The second-order valence-corrected chi connectivity index (χ2v) is 4.15. The maximum absolute atomic E-state index is 4.19. The van der Waals surface area contributed by atoms with E-state index in [2.05, 4.69) is 47.5 Å². The molecule has 2 heterocycles. The van der Waals surface area contributed by atoms with Crippen molar-refractivity contribution in [1.82, 2.24) is 14.6 Å². The van der Waals surface area contributed by atoms with Crippen molar-refractivity contribution in [2.75, 3.05) is 0 Å². The molecule has 0 unspecified atom stereocenters. The third-order valence-corrected chi connectivity index (χ3v) is 2.23. The van der Waals surface area contributed by atoms with Gasteiger partial charge in [0, 0.05) is 12.6 Å². The summed E-state index contributed by atoms with van der Waals surface area (Å²) in [6, 6.07) is 4.14. The van der Waals surface area contributed by atoms with Gasteiger partial charge in [-0.25, -0.2) is 0 Å². The van der Waals surface area contributed by atoms with Gasteiger partial charge < -0.3 is 0 Å². The standard InChI is InChI=1S/C11H15N3/c1-8(2)6-10-12-13-11-7-9(3)4-5-14(10)11/h4-5,7-8H,6H2,1-3H3. The zero-order chi connectivity index (χ0) is 10.1. The van der Waals surface area contributed by atoms with Crippen molar-refractivity contribution in [3.63, 3.8) is 0 Å². The fourth-order valence-corrected chi connectivity index (χ4v) is 1.55. The molecule has 0 spiro atoms. The van der Waals surface area contributed by atoms with Gasteiger partial charge in [0.25, 0.3) is 0 Å². The Bertz CT molecular complexity index is 443. The van der Waals surface area contributed by atoms with Crippen molar-refractivity contribution in [1.29, 1.82) is 0 Å². The van der Waals surface area contributed by atoms with Crippen molar-refractivity contribution in [2.24, 2.45) is 5.92 Å². The first kappa shape index (κ1) is 9.19. The molecule has 2 rings (SSSR count). The van der Waals surface area contributed by atoms with Gasteiger partial charge in [-0.3, -0.25) is 4.40 Å². The van der Waals surface area contributed by atoms with Gasteiger partial charge in [-0.15, -0.1) is 10.2 Å². The number of hydrogen-bond acceptors (Lipinski definition) is 2. The van der Waals surface area contributed by atoms with Crippen LogP contribution in [0.5, 0.6) is 0 Å². The van der Waals surface area contributed by atoms with Crippen LogP contribution >= 0.6 is 0 Å². The smallest absolute Gasteiger partial charge is 0.161 e. The average molecular weight is 189 g/mol. The number of pyridine rings is 1. The van der Waals surface area contributed by atoms with Gasteiger partial charge in [0.15, 0.2) is 5.65 Å². The monoisotopic (exact) mass is 189 g/mol. The van der Waals surface area contributed by atoms with Crippen molar-refractivity contribution in [2.45, 2.75) is 27.2 Å². The highest BCUT2D eigenvalue weighted by Crippen LogP contribution is 2.09. The van der Waals surface area contributed by atoms with Gasteiger partial charge in [-0.05, 0) is 30.5 Å². The largest absolute Gasteiger partial charge is 0.286 e. The van der Waals surface area contributed by atoms with E-state index in [1.165, 1.54) is 5.56 Å². The summed E-state index contributed by atoms with van der Waals surface area (Å²) in [6.07, 6.45) is 3.02. The van der Waals surface area contributed by atoms with Crippen LogP contribution < -0.4 is 0 Å². The molecule has 0 aliphatic heterocycles. The zero-order valence-corrected chi connectivity index (χ0v) is 8.86. The van der Waals surface area contributed by atoms with E-state index < -0.39 is 0 Å². The summed E-state index contributed by atoms with van der Waals surface area (Å²) in [5.74, 6) is 1.67. The average Bonchev–Trinajstić information content (AvgIpc) is 2.47. The molecule has 0 amide bonds. The number of hydrogen-bond donors (Lipinski definition) is 0. The first-order valence-electron chi connectivity index (χ1n) is 4.97. The Labute approximate surface area is 83.8 Å². The Balaban J connectivity index is 2.47. The molecule has 0 aromatic carbocycles. The molecule has 2 aromatic heterocycles. The van der Waals surface area contributed by atoms with Crippen LogP contribution in [0.3, 0.4) is 0 Å². The van der Waals surface area contributed by atoms with Gasteiger partial charge in [-0.2, -0.15) is 0 Å². The Morgan fingerprint density at radius 3 is 2.86 bits per heavy atom. The number of nitrogens with zero attached hydrogens (tertiary/aromatic N) is 3. The summed E-state index contributed by atoms with van der Waals surface area (Å²) in [6.45, 7) is 6.45. The van der Waals surface area contributed by atoms with E-state index in [1.807, 2.05) is 6.20 Å². The van der Waals surface area contributed by atoms with E-state index in [1.54, 1.807) is 0 Å². The lowest BCUT2D eigenvalue weighted by Crippen LogP contribution is -2.00. The Kier molecular flexibility index (Phi) is 2.23. The van der Waals surface area contributed by atoms with Crippen molar-refractivity contribution in [3.8, 4) is 0 Å². The van der Waals surface area contributed by atoms with E-state index in [0.717, 1.165) is 17.9 Å². The normalized spacial score (nSPS) is 11.4. The lowest BCUT2D eigenvalue weighted by Gasteiger charge is -2.02. The van der Waals surface area contributed by atoms with E-state index in [-0.39, 0.29) is 0 Å². The van der Waals surface area contributed by atoms with Crippen LogP contribution in [0.2, 0.25) is 0 Å². The minimum Gasteiger partial charge on any atom is -0.286 e. The fraction of sp³-hybridized carbons (Fsp3) is 0.455. The summed E-state index contributed by atoms with van der Waals surface area (Å²) in [4.78, 5) is 0. The molecule has 0 radical (unpaired) electrons. The molecule has 14 heavy (non-hydrogen) atoms. The predicted octanol–water partition coefficient (Wildman–Crippen LogP) is 2.24. The molecule has 0 bridgehead atoms. The van der Waals surface area contributed by atoms with Crippen LogP contribution in [0.15, 0.2) is 18.3 Å². The number of rotatable bonds is 2. The third-order valence-electron chi connectivity index (χ3n) is 2.23. The lowest BCUT2D eigenvalue weighted by atomic mass is 10.1. The maximum Gasteiger partial charge on any atom is 0.161 e. The van der Waals surface area contributed by atoms with Crippen LogP contribution in [0.1, 0.15) is 25.2 Å². The summed E-state index contributed by atoms with van der Waals surface area (Å²) >= 11 is 0. The highest BCUT2D eigenvalue weighted by atomic mass is 15.2. The van der Waals surface area contributed by atoms with E-state index in [9.17, 15) is 0 Å². The van der Waals surface area contributed by atoms with E-state index >= 15 is 0 Å². The highest BCUT2D eigenvalue weighted by molar-refractivity contribution is 5.40. The van der Waals surface area contributed by atoms with Crippen LogP contribution in [-0.4, -0.2) is 14.6 Å². The number of fused-ring (bicyclic) bond motifs is 1. The molecule has 0 aliphatic carbocycles. The third kappa shape index (κ3) is 1.62. The second kappa shape index (κ2) is 3.40. The first-order valence-corrected chi connectivity index (χ1v) is 4.97. The minimum atomic E-state index is 0.615. The molecule has 0 saturated heterocycles. The molecular weight excluding hydrogens is 174 g/mol. The molecule has 3 heteroatoms. The molecule has 2 aromatic rings. The van der Waals surface area contributed by atoms with Crippen LogP contribution in [0, 0.1) is 12.8 Å². The number of aryl methyl sites for hydroxylation is 1. The van der Waals surface area contributed by atoms with Crippen molar-refractivity contribution < 1.29 is 0 Å². The molecule has 0 fully saturated rings. The first-order chi connectivity index (χ1) is 6.66. The molecule has 74 valence electrons. The molecule has 0 saturated carbocycles. The SMILES string of the molecule is Cc1ccn2c(CC(C)C)nnc2c1. The second-order valence-electron chi connectivity index (χ2n) is 4.15. The molecule has 3 nitrogen and oxygen atoms in total.